The third-order valence-electron chi connectivity index (χ3n) is 3.40. The molecule has 8 nitrogen and oxygen atoms in total. The minimum Gasteiger partial charge on any atom is -0.321 e. The zero-order valence-corrected chi connectivity index (χ0v) is 13.0. The highest BCUT2D eigenvalue weighted by molar-refractivity contribution is 6.17. The normalized spacial score (nSPS) is 13.6. The van der Waals surface area contributed by atoms with Crippen molar-refractivity contribution in [2.75, 3.05) is 0 Å². The van der Waals surface area contributed by atoms with Crippen molar-refractivity contribution in [2.24, 2.45) is 5.11 Å². The fourth-order valence-corrected chi connectivity index (χ4v) is 2.08. The number of hydrogen-bond acceptors (Lipinski definition) is 4. The third-order valence-corrected chi connectivity index (χ3v) is 3.40. The van der Waals surface area contributed by atoms with Crippen LogP contribution in [0, 0.1) is 23.3 Å². The van der Waals surface area contributed by atoms with Gasteiger partial charge in [-0.15, -0.1) is 0 Å². The van der Waals surface area contributed by atoms with Crippen LogP contribution in [-0.2, 0) is 20.9 Å². The van der Waals surface area contributed by atoms with E-state index in [-0.39, 0.29) is 6.42 Å². The number of rotatable bonds is 5. The predicted octanol–water partition coefficient (Wildman–Crippen LogP) is 2.46. The van der Waals surface area contributed by atoms with E-state index in [0.717, 1.165) is 0 Å². The lowest BCUT2D eigenvalue weighted by Crippen LogP contribution is -2.35. The lowest BCUT2D eigenvalue weighted by atomic mass is 10.1. The molecule has 0 aromatic heterocycles. The molecule has 0 aliphatic carbocycles. The van der Waals surface area contributed by atoms with Gasteiger partial charge in [-0.25, -0.2) is 17.6 Å². The number of nitrogens with one attached hydrogen (secondary N) is 1. The molecule has 1 aliphatic heterocycles. The Hall–Kier alpha value is -3.40. The van der Waals surface area contributed by atoms with Gasteiger partial charge in [0.05, 0.1) is 6.54 Å². The molecular weight excluding hydrogens is 362 g/mol. The van der Waals surface area contributed by atoms with Gasteiger partial charge in [0.25, 0.3) is 11.8 Å². The van der Waals surface area contributed by atoms with Crippen LogP contribution in [0.1, 0.15) is 18.9 Å². The fraction of sp³-hybridized carbons (Fsp3) is 0.214. The molecule has 1 aliphatic rings. The summed E-state index contributed by atoms with van der Waals surface area (Å²) >= 11 is 0. The molecule has 12 heteroatoms. The molecule has 1 heterocycles. The Balaban J connectivity index is 2.38. The van der Waals surface area contributed by atoms with E-state index < -0.39 is 64.5 Å². The average Bonchev–Trinajstić information content (AvgIpc) is 2.87. The number of benzene rings is 1. The zero-order chi connectivity index (χ0) is 19.6. The molecular formula is C14H9F4N5O3. The van der Waals surface area contributed by atoms with Gasteiger partial charge >= 0.3 is 0 Å². The third kappa shape index (κ3) is 3.22. The van der Waals surface area contributed by atoms with Crippen LogP contribution in [0.5, 0.6) is 0 Å². The Morgan fingerprint density at radius 3 is 2.27 bits per heavy atom. The minimum atomic E-state index is -1.97. The van der Waals surface area contributed by atoms with Crippen LogP contribution in [-0.4, -0.2) is 22.6 Å². The van der Waals surface area contributed by atoms with Gasteiger partial charge < -0.3 is 5.32 Å². The Morgan fingerprint density at radius 2 is 1.77 bits per heavy atom. The van der Waals surface area contributed by atoms with E-state index >= 15 is 0 Å². The zero-order valence-electron chi connectivity index (χ0n) is 13.0. The molecule has 0 atom stereocenters. The quantitative estimate of drug-likeness (QED) is 0.214. The summed E-state index contributed by atoms with van der Waals surface area (Å²) in [7, 11) is 0. The van der Waals surface area contributed by atoms with Gasteiger partial charge in [0.15, 0.2) is 23.3 Å². The number of imide groups is 1. The lowest BCUT2D eigenvalue weighted by molar-refractivity contribution is -0.138. The van der Waals surface area contributed by atoms with E-state index in [1.165, 1.54) is 6.92 Å². The summed E-state index contributed by atoms with van der Waals surface area (Å²) in [6.07, 6.45) is 0.714. The van der Waals surface area contributed by atoms with Crippen LogP contribution < -0.4 is 5.32 Å². The summed E-state index contributed by atoms with van der Waals surface area (Å²) in [4.78, 5) is 37.5. The van der Waals surface area contributed by atoms with Crippen LogP contribution in [0.3, 0.4) is 0 Å². The van der Waals surface area contributed by atoms with Crippen molar-refractivity contribution < 1.29 is 31.9 Å². The molecule has 0 bridgehead atoms. The number of hydrogen-bond donors (Lipinski definition) is 1. The summed E-state index contributed by atoms with van der Waals surface area (Å²) in [5.74, 6) is -10.5. The predicted molar refractivity (Wildman–Crippen MR) is 77.2 cm³/mol. The van der Waals surface area contributed by atoms with Crippen molar-refractivity contribution in [1.82, 2.24) is 10.2 Å². The van der Waals surface area contributed by atoms with Gasteiger partial charge in [-0.05, 0) is 5.53 Å². The fourth-order valence-electron chi connectivity index (χ4n) is 2.08. The summed E-state index contributed by atoms with van der Waals surface area (Å²) in [5, 5.41) is 4.65. The molecule has 1 aromatic rings. The Labute approximate surface area is 142 Å². The van der Waals surface area contributed by atoms with E-state index in [1.54, 1.807) is 0 Å². The topological polar surface area (TPSA) is 115 Å². The first-order valence-electron chi connectivity index (χ1n) is 7.00. The summed E-state index contributed by atoms with van der Waals surface area (Å²) in [5.41, 5.74) is 4.98. The molecule has 1 aromatic carbocycles. The highest BCUT2D eigenvalue weighted by Crippen LogP contribution is 2.31. The van der Waals surface area contributed by atoms with Gasteiger partial charge in [0.1, 0.15) is 11.4 Å². The van der Waals surface area contributed by atoms with E-state index in [9.17, 15) is 31.9 Å². The Kier molecular flexibility index (Phi) is 5.27. The second kappa shape index (κ2) is 7.23. The maximum absolute atomic E-state index is 14.0. The van der Waals surface area contributed by atoms with Crippen LogP contribution in [0.25, 0.3) is 10.4 Å². The average molecular weight is 371 g/mol. The van der Waals surface area contributed by atoms with Crippen molar-refractivity contribution in [3.05, 3.63) is 51.0 Å². The molecule has 3 amide bonds. The van der Waals surface area contributed by atoms with Gasteiger partial charge in [-0.2, -0.15) is 0 Å². The molecule has 1 N–H and O–H groups in total. The molecule has 0 saturated heterocycles. The Bertz CT molecular complexity index is 879. The first-order valence-corrected chi connectivity index (χ1v) is 7.00. The molecule has 0 saturated carbocycles. The highest BCUT2D eigenvalue weighted by atomic mass is 19.2. The monoisotopic (exact) mass is 371 g/mol. The van der Waals surface area contributed by atoms with Gasteiger partial charge in [-0.1, -0.05) is 12.0 Å². The van der Waals surface area contributed by atoms with Gasteiger partial charge in [0.2, 0.25) is 5.91 Å². The summed E-state index contributed by atoms with van der Waals surface area (Å²) in [6, 6.07) is 0. The maximum Gasteiger partial charge on any atom is 0.277 e. The second-order valence-corrected chi connectivity index (χ2v) is 4.96. The summed E-state index contributed by atoms with van der Waals surface area (Å²) in [6.45, 7) is 0.345. The largest absolute Gasteiger partial charge is 0.321 e. The first-order chi connectivity index (χ1) is 12.2. The molecule has 0 radical (unpaired) electrons. The molecule has 0 spiro atoms. The SMILES string of the molecule is CCC(=O)NC1=CC(=O)N(Cc2c(F)c(F)c(N=[N+]=[N-])c(F)c2F)C1=O. The van der Waals surface area contributed by atoms with E-state index in [0.29, 0.717) is 11.0 Å². The van der Waals surface area contributed by atoms with Crippen LogP contribution in [0.15, 0.2) is 16.9 Å². The molecule has 2 rings (SSSR count). The van der Waals surface area contributed by atoms with Crippen LogP contribution >= 0.6 is 0 Å². The van der Waals surface area contributed by atoms with Crippen molar-refractivity contribution in [3.63, 3.8) is 0 Å². The van der Waals surface area contributed by atoms with Gasteiger partial charge in [-0.3, -0.25) is 19.3 Å². The van der Waals surface area contributed by atoms with Crippen LogP contribution in [0.4, 0.5) is 23.2 Å². The highest BCUT2D eigenvalue weighted by Gasteiger charge is 2.35. The molecule has 0 fully saturated rings. The van der Waals surface area contributed by atoms with E-state index in [4.69, 9.17) is 5.53 Å². The van der Waals surface area contributed by atoms with Crippen molar-refractivity contribution >= 4 is 23.4 Å². The first kappa shape index (κ1) is 18.9. The van der Waals surface area contributed by atoms with Gasteiger partial charge in [0, 0.05) is 23.0 Å². The second-order valence-electron chi connectivity index (χ2n) is 4.96. The van der Waals surface area contributed by atoms with Crippen molar-refractivity contribution in [3.8, 4) is 0 Å². The number of azide groups is 1. The standard InChI is InChI=1S/C14H9F4N5O3/c1-2-7(24)20-6-3-8(25)23(14(6)26)4-5-9(15)11(17)13(21-22-19)12(18)10(5)16/h3H,2,4H2,1H3,(H,20,24). The summed E-state index contributed by atoms with van der Waals surface area (Å²) < 4.78 is 55.5. The molecule has 136 valence electrons. The van der Waals surface area contributed by atoms with E-state index in [1.807, 2.05) is 0 Å². The number of carbonyl (C=O) groups is 3. The lowest BCUT2D eigenvalue weighted by Gasteiger charge is -2.17. The van der Waals surface area contributed by atoms with Crippen molar-refractivity contribution in [2.45, 2.75) is 19.9 Å². The van der Waals surface area contributed by atoms with Crippen LogP contribution in [0.2, 0.25) is 0 Å². The maximum atomic E-state index is 14.0. The minimum absolute atomic E-state index is 0.000633. The smallest absolute Gasteiger partial charge is 0.277 e. The number of carbonyl (C=O) groups excluding carboxylic acids is 3. The number of amides is 3. The number of nitrogens with zero attached hydrogens (tertiary/aromatic N) is 4. The van der Waals surface area contributed by atoms with E-state index in [2.05, 4.69) is 15.3 Å². The Morgan fingerprint density at radius 1 is 1.19 bits per heavy atom. The molecule has 26 heavy (non-hydrogen) atoms. The van der Waals surface area contributed by atoms with Crippen molar-refractivity contribution in [1.29, 1.82) is 0 Å². The number of halogens is 4. The molecule has 0 unspecified atom stereocenters.